The van der Waals surface area contributed by atoms with Crippen LogP contribution in [0.15, 0.2) is 55.1 Å². The summed E-state index contributed by atoms with van der Waals surface area (Å²) in [5.74, 6) is 0.360. The second-order valence-electron chi connectivity index (χ2n) is 7.07. The van der Waals surface area contributed by atoms with E-state index in [2.05, 4.69) is 25.7 Å². The van der Waals surface area contributed by atoms with Crippen LogP contribution in [0.5, 0.6) is 0 Å². The number of carbonyl (C=O) groups is 1. The van der Waals surface area contributed by atoms with E-state index in [-0.39, 0.29) is 24.0 Å². The molecule has 1 amide bonds. The van der Waals surface area contributed by atoms with Gasteiger partial charge in [0.1, 0.15) is 0 Å². The average Bonchev–Trinajstić information content (AvgIpc) is 3.11. The number of para-hydroxylation sites is 1. The molecule has 4 rings (SSSR count). The number of amides is 1. The lowest BCUT2D eigenvalue weighted by molar-refractivity contribution is 0.0235. The van der Waals surface area contributed by atoms with Crippen LogP contribution in [0.4, 0.5) is 11.6 Å². The minimum Gasteiger partial charge on any atom is -0.393 e. The summed E-state index contributed by atoms with van der Waals surface area (Å²) in [4.78, 5) is 21.2. The third-order valence-corrected chi connectivity index (χ3v) is 4.94. The smallest absolute Gasteiger partial charge is 0.254 e. The number of benzene rings is 1. The Balaban J connectivity index is 1.45. The normalized spacial score (nSPS) is 19.5. The molecule has 0 aliphatic heterocycles. The Kier molecular flexibility index (Phi) is 5.03. The molecular formula is C20H22N6O2. The molecule has 2 heterocycles. The number of rotatable bonds is 6. The summed E-state index contributed by atoms with van der Waals surface area (Å²) in [7, 11) is 1.84. The van der Waals surface area contributed by atoms with Crippen molar-refractivity contribution in [3.8, 4) is 0 Å². The number of aryl methyl sites for hydroxylation is 1. The van der Waals surface area contributed by atoms with E-state index in [9.17, 15) is 9.90 Å². The number of carbonyl (C=O) groups excluding carboxylic acids is 1. The lowest BCUT2D eigenvalue weighted by atomic mass is 9.75. The first-order chi connectivity index (χ1) is 13.6. The molecule has 0 saturated heterocycles. The minimum atomic E-state index is -0.298. The summed E-state index contributed by atoms with van der Waals surface area (Å²) in [6, 6.07) is 9.39. The first kappa shape index (κ1) is 18.1. The highest BCUT2D eigenvalue weighted by Crippen LogP contribution is 2.38. The number of hydrogen-bond donors (Lipinski definition) is 3. The van der Waals surface area contributed by atoms with Crippen molar-refractivity contribution in [2.45, 2.75) is 25.0 Å². The van der Waals surface area contributed by atoms with Crippen LogP contribution in [0.25, 0.3) is 0 Å². The fraction of sp³-hybridized carbons (Fsp3) is 0.300. The molecule has 1 aliphatic rings. The molecule has 1 aromatic carbocycles. The minimum absolute atomic E-state index is 0.183. The largest absolute Gasteiger partial charge is 0.393 e. The summed E-state index contributed by atoms with van der Waals surface area (Å²) >= 11 is 0. The van der Waals surface area contributed by atoms with Gasteiger partial charge in [0.05, 0.1) is 23.9 Å². The van der Waals surface area contributed by atoms with Gasteiger partial charge < -0.3 is 15.7 Å². The zero-order valence-electron chi connectivity index (χ0n) is 15.5. The van der Waals surface area contributed by atoms with Crippen molar-refractivity contribution in [2.75, 3.05) is 5.32 Å². The third kappa shape index (κ3) is 4.01. The van der Waals surface area contributed by atoms with E-state index < -0.39 is 0 Å². The van der Waals surface area contributed by atoms with E-state index in [1.165, 1.54) is 12.4 Å². The molecule has 1 saturated carbocycles. The van der Waals surface area contributed by atoms with E-state index in [1.54, 1.807) is 10.9 Å². The first-order valence-electron chi connectivity index (χ1n) is 9.20. The Labute approximate surface area is 162 Å². The first-order valence-corrected chi connectivity index (χ1v) is 9.20. The van der Waals surface area contributed by atoms with Crippen LogP contribution in [0.2, 0.25) is 0 Å². The summed E-state index contributed by atoms with van der Waals surface area (Å²) in [5, 5.41) is 20.0. The maximum atomic E-state index is 12.7. The Hall–Kier alpha value is -3.26. The van der Waals surface area contributed by atoms with Crippen LogP contribution in [-0.2, 0) is 7.05 Å². The van der Waals surface area contributed by atoms with E-state index in [0.717, 1.165) is 11.3 Å². The Morgan fingerprint density at radius 1 is 1.18 bits per heavy atom. The molecule has 1 aliphatic carbocycles. The molecule has 8 nitrogen and oxygen atoms in total. The molecule has 1 unspecified atom stereocenters. The quantitative estimate of drug-likeness (QED) is 0.607. The summed E-state index contributed by atoms with van der Waals surface area (Å²) < 4.78 is 1.71. The molecule has 0 spiro atoms. The molecule has 2 aromatic heterocycles. The third-order valence-electron chi connectivity index (χ3n) is 4.94. The molecule has 28 heavy (non-hydrogen) atoms. The molecular weight excluding hydrogens is 356 g/mol. The topological polar surface area (TPSA) is 105 Å². The van der Waals surface area contributed by atoms with Crippen LogP contribution in [0, 0.1) is 5.92 Å². The highest BCUT2D eigenvalue weighted by Gasteiger charge is 2.36. The Bertz CT molecular complexity index is 935. The Morgan fingerprint density at radius 2 is 1.89 bits per heavy atom. The van der Waals surface area contributed by atoms with Crippen LogP contribution < -0.4 is 10.6 Å². The second kappa shape index (κ2) is 7.77. The predicted octanol–water partition coefficient (Wildman–Crippen LogP) is 2.20. The van der Waals surface area contributed by atoms with Crippen molar-refractivity contribution < 1.29 is 9.90 Å². The molecule has 0 radical (unpaired) electrons. The fourth-order valence-electron chi connectivity index (χ4n) is 3.36. The number of anilines is 2. The van der Waals surface area contributed by atoms with Gasteiger partial charge in [0.25, 0.3) is 5.91 Å². The molecule has 1 atom stereocenters. The zero-order valence-corrected chi connectivity index (χ0v) is 15.5. The van der Waals surface area contributed by atoms with Gasteiger partial charge in [0.15, 0.2) is 0 Å². The predicted molar refractivity (Wildman–Crippen MR) is 104 cm³/mol. The van der Waals surface area contributed by atoms with Gasteiger partial charge in [-0.25, -0.2) is 9.97 Å². The zero-order chi connectivity index (χ0) is 19.5. The number of hydrogen-bond acceptors (Lipinski definition) is 6. The summed E-state index contributed by atoms with van der Waals surface area (Å²) in [6.45, 7) is 0. The standard InChI is InChI=1S/C20H22N6O2/c1-26-12-15(11-23-26)18(13-7-17(27)8-13)25-19(28)14-9-21-20(22-10-14)24-16-5-3-2-4-6-16/h2-6,9-13,17-18,27H,7-8H2,1H3,(H,25,28)(H,21,22,24). The summed E-state index contributed by atoms with van der Waals surface area (Å²) in [5.41, 5.74) is 2.18. The van der Waals surface area contributed by atoms with E-state index >= 15 is 0 Å². The van der Waals surface area contributed by atoms with Gasteiger partial charge in [0.2, 0.25) is 5.95 Å². The number of nitrogens with one attached hydrogen (secondary N) is 2. The second-order valence-corrected chi connectivity index (χ2v) is 7.07. The van der Waals surface area contributed by atoms with Crippen molar-refractivity contribution in [2.24, 2.45) is 13.0 Å². The van der Waals surface area contributed by atoms with Crippen molar-refractivity contribution in [3.05, 3.63) is 66.2 Å². The number of aliphatic hydroxyl groups is 1. The Morgan fingerprint density at radius 3 is 2.50 bits per heavy atom. The van der Waals surface area contributed by atoms with Gasteiger partial charge in [-0.15, -0.1) is 0 Å². The SMILES string of the molecule is Cn1cc(C(NC(=O)c2cnc(Nc3ccccc3)nc2)C2CC(O)C2)cn1. The number of aliphatic hydroxyl groups excluding tert-OH is 1. The number of aromatic nitrogens is 4. The maximum absolute atomic E-state index is 12.7. The monoisotopic (exact) mass is 378 g/mol. The molecule has 1 fully saturated rings. The molecule has 8 heteroatoms. The molecule has 0 bridgehead atoms. The van der Waals surface area contributed by atoms with E-state index in [1.807, 2.05) is 43.6 Å². The van der Waals surface area contributed by atoms with Gasteiger partial charge in [-0.2, -0.15) is 5.10 Å². The van der Waals surface area contributed by atoms with Crippen LogP contribution in [0.1, 0.15) is 34.8 Å². The highest BCUT2D eigenvalue weighted by atomic mass is 16.3. The lowest BCUT2D eigenvalue weighted by Crippen LogP contribution is -2.41. The van der Waals surface area contributed by atoms with Gasteiger partial charge >= 0.3 is 0 Å². The van der Waals surface area contributed by atoms with Crippen LogP contribution in [-0.4, -0.2) is 36.9 Å². The molecule has 144 valence electrons. The lowest BCUT2D eigenvalue weighted by Gasteiger charge is -2.37. The highest BCUT2D eigenvalue weighted by molar-refractivity contribution is 5.94. The van der Waals surface area contributed by atoms with Crippen molar-refractivity contribution >= 4 is 17.5 Å². The van der Waals surface area contributed by atoms with Gasteiger partial charge in [0, 0.05) is 36.9 Å². The van der Waals surface area contributed by atoms with Gasteiger partial charge in [-0.3, -0.25) is 9.48 Å². The molecule has 3 N–H and O–H groups in total. The maximum Gasteiger partial charge on any atom is 0.254 e. The van der Waals surface area contributed by atoms with Gasteiger partial charge in [-0.05, 0) is 30.9 Å². The fourth-order valence-corrected chi connectivity index (χ4v) is 3.36. The van der Waals surface area contributed by atoms with E-state index in [4.69, 9.17) is 0 Å². The summed E-state index contributed by atoms with van der Waals surface area (Å²) in [6.07, 6.45) is 7.67. The van der Waals surface area contributed by atoms with Crippen LogP contribution >= 0.6 is 0 Å². The van der Waals surface area contributed by atoms with Crippen LogP contribution in [0.3, 0.4) is 0 Å². The van der Waals surface area contributed by atoms with Crippen molar-refractivity contribution in [3.63, 3.8) is 0 Å². The van der Waals surface area contributed by atoms with E-state index in [0.29, 0.717) is 24.4 Å². The number of nitrogens with zero attached hydrogens (tertiary/aromatic N) is 4. The average molecular weight is 378 g/mol. The molecule has 3 aromatic rings. The van der Waals surface area contributed by atoms with Crippen molar-refractivity contribution in [1.82, 2.24) is 25.1 Å². The van der Waals surface area contributed by atoms with Gasteiger partial charge in [-0.1, -0.05) is 18.2 Å². The van der Waals surface area contributed by atoms with Crippen molar-refractivity contribution in [1.29, 1.82) is 0 Å².